The molecule has 0 bridgehead atoms. The Bertz CT molecular complexity index is 860. The molecule has 0 unspecified atom stereocenters. The Hall–Kier alpha value is -2.87. The van der Waals surface area contributed by atoms with Gasteiger partial charge >= 0.3 is 0 Å². The van der Waals surface area contributed by atoms with Gasteiger partial charge in [-0.05, 0) is 37.3 Å². The first-order chi connectivity index (χ1) is 11.3. The number of aryl methyl sites for hydroxylation is 1. The van der Waals surface area contributed by atoms with Gasteiger partial charge in [0.2, 0.25) is 0 Å². The highest BCUT2D eigenvalue weighted by Gasteiger charge is 2.18. The fourth-order valence-electron chi connectivity index (χ4n) is 1.84. The Morgan fingerprint density at radius 1 is 1.12 bits per heavy atom. The second-order valence-electron chi connectivity index (χ2n) is 5.03. The second-order valence-corrected chi connectivity index (χ2v) is 6.71. The summed E-state index contributed by atoms with van der Waals surface area (Å²) in [6.07, 6.45) is 0. The maximum Gasteiger partial charge on any atom is 0.265 e. The van der Waals surface area contributed by atoms with Crippen molar-refractivity contribution in [2.75, 3.05) is 6.61 Å². The molecule has 0 fully saturated rings. The van der Waals surface area contributed by atoms with Crippen LogP contribution in [0.2, 0.25) is 0 Å². The third-order valence-electron chi connectivity index (χ3n) is 3.04. The number of benzene rings is 2. The Kier molecular flexibility index (Phi) is 5.20. The number of nitrogens with two attached hydrogens (primary N) is 1. The standard InChI is InChI=1S/C16H16N2O5S/c1-11-5-7-14(8-6-11)24(21,22)18-16(20)12-3-2-4-13(9-12)23-10-15(17)19/h2-9H,10H2,1H3,(H2,17,19)(H,18,20). The maximum absolute atomic E-state index is 12.2. The SMILES string of the molecule is Cc1ccc(S(=O)(=O)NC(=O)c2cccc(OCC(N)=O)c2)cc1. The summed E-state index contributed by atoms with van der Waals surface area (Å²) in [7, 11) is -3.98. The molecule has 2 rings (SSSR count). The van der Waals surface area contributed by atoms with Gasteiger partial charge in [0.15, 0.2) is 6.61 Å². The summed E-state index contributed by atoms with van der Waals surface area (Å²) in [5.74, 6) is -1.24. The number of primary amides is 1. The van der Waals surface area contributed by atoms with Gasteiger partial charge in [0.05, 0.1) is 4.90 Å². The minimum absolute atomic E-state index is 0.0115. The van der Waals surface area contributed by atoms with E-state index in [9.17, 15) is 18.0 Å². The molecule has 2 amide bonds. The van der Waals surface area contributed by atoms with Gasteiger partial charge in [0, 0.05) is 5.56 Å². The second kappa shape index (κ2) is 7.14. The lowest BCUT2D eigenvalue weighted by Gasteiger charge is -2.09. The summed E-state index contributed by atoms with van der Waals surface area (Å²) in [5, 5.41) is 0. The molecule has 0 atom stereocenters. The van der Waals surface area contributed by atoms with Gasteiger partial charge in [-0.15, -0.1) is 0 Å². The molecule has 0 heterocycles. The van der Waals surface area contributed by atoms with Crippen LogP contribution in [0.5, 0.6) is 5.75 Å². The van der Waals surface area contributed by atoms with E-state index in [0.29, 0.717) is 0 Å². The molecular formula is C16H16N2O5S. The van der Waals surface area contributed by atoms with E-state index in [4.69, 9.17) is 10.5 Å². The van der Waals surface area contributed by atoms with Crippen molar-refractivity contribution < 1.29 is 22.7 Å². The molecular weight excluding hydrogens is 332 g/mol. The lowest BCUT2D eigenvalue weighted by Crippen LogP contribution is -2.30. The van der Waals surface area contributed by atoms with Crippen LogP contribution in [-0.2, 0) is 14.8 Å². The third-order valence-corrected chi connectivity index (χ3v) is 4.38. The summed E-state index contributed by atoms with van der Waals surface area (Å²) >= 11 is 0. The zero-order chi connectivity index (χ0) is 17.7. The van der Waals surface area contributed by atoms with E-state index in [-0.39, 0.29) is 22.8 Å². The van der Waals surface area contributed by atoms with Crippen molar-refractivity contribution in [2.45, 2.75) is 11.8 Å². The molecule has 0 radical (unpaired) electrons. The fraction of sp³-hybridized carbons (Fsp3) is 0.125. The van der Waals surface area contributed by atoms with Crippen LogP contribution in [-0.4, -0.2) is 26.8 Å². The van der Waals surface area contributed by atoms with Crippen LogP contribution in [0, 0.1) is 6.92 Å². The Balaban J connectivity index is 2.15. The van der Waals surface area contributed by atoms with E-state index >= 15 is 0 Å². The molecule has 3 N–H and O–H groups in total. The molecule has 0 saturated carbocycles. The number of rotatable bonds is 6. The Morgan fingerprint density at radius 3 is 2.42 bits per heavy atom. The highest BCUT2D eigenvalue weighted by atomic mass is 32.2. The summed E-state index contributed by atoms with van der Waals surface area (Å²) in [6, 6.07) is 11.9. The molecule has 7 nitrogen and oxygen atoms in total. The highest BCUT2D eigenvalue weighted by molar-refractivity contribution is 7.90. The van der Waals surface area contributed by atoms with E-state index in [1.54, 1.807) is 12.1 Å². The van der Waals surface area contributed by atoms with E-state index in [0.717, 1.165) is 5.56 Å². The lowest BCUT2D eigenvalue weighted by atomic mass is 10.2. The average Bonchev–Trinajstić information content (AvgIpc) is 2.53. The summed E-state index contributed by atoms with van der Waals surface area (Å²) in [5.41, 5.74) is 5.95. The normalized spacial score (nSPS) is 10.9. The third kappa shape index (κ3) is 4.56. The van der Waals surface area contributed by atoms with Crippen LogP contribution >= 0.6 is 0 Å². The van der Waals surface area contributed by atoms with Crippen LogP contribution in [0.25, 0.3) is 0 Å². The first-order valence-electron chi connectivity index (χ1n) is 6.93. The van der Waals surface area contributed by atoms with Gasteiger partial charge in [-0.3, -0.25) is 9.59 Å². The van der Waals surface area contributed by atoms with Crippen molar-refractivity contribution in [2.24, 2.45) is 5.73 Å². The molecule has 0 aliphatic rings. The molecule has 0 aliphatic carbocycles. The maximum atomic E-state index is 12.2. The minimum atomic E-state index is -3.98. The number of carbonyl (C=O) groups excluding carboxylic acids is 2. The molecule has 0 aromatic heterocycles. The fourth-order valence-corrected chi connectivity index (χ4v) is 2.81. The number of ether oxygens (including phenoxy) is 1. The summed E-state index contributed by atoms with van der Waals surface area (Å²) < 4.78 is 31.5. The van der Waals surface area contributed by atoms with Crippen LogP contribution in [0.4, 0.5) is 0 Å². The van der Waals surface area contributed by atoms with Crippen molar-refractivity contribution in [3.8, 4) is 5.75 Å². The topological polar surface area (TPSA) is 116 Å². The number of sulfonamides is 1. The monoisotopic (exact) mass is 348 g/mol. The van der Waals surface area contributed by atoms with Crippen molar-refractivity contribution >= 4 is 21.8 Å². The first kappa shape index (κ1) is 17.5. The largest absolute Gasteiger partial charge is 0.484 e. The average molecular weight is 348 g/mol. The quantitative estimate of drug-likeness (QED) is 0.807. The van der Waals surface area contributed by atoms with E-state index in [1.807, 2.05) is 11.6 Å². The molecule has 0 aliphatic heterocycles. The minimum Gasteiger partial charge on any atom is -0.484 e. The molecule has 126 valence electrons. The van der Waals surface area contributed by atoms with Gasteiger partial charge in [-0.25, -0.2) is 13.1 Å². The molecule has 0 spiro atoms. The molecule has 8 heteroatoms. The number of hydrogen-bond acceptors (Lipinski definition) is 5. The molecule has 0 saturated heterocycles. The number of hydrogen-bond donors (Lipinski definition) is 2. The zero-order valence-electron chi connectivity index (χ0n) is 12.9. The smallest absolute Gasteiger partial charge is 0.265 e. The molecule has 2 aromatic rings. The van der Waals surface area contributed by atoms with Crippen LogP contribution in [0.15, 0.2) is 53.4 Å². The zero-order valence-corrected chi connectivity index (χ0v) is 13.7. The van der Waals surface area contributed by atoms with Crippen molar-refractivity contribution in [1.29, 1.82) is 0 Å². The molecule has 24 heavy (non-hydrogen) atoms. The van der Waals surface area contributed by atoms with Crippen LogP contribution < -0.4 is 15.2 Å². The highest BCUT2D eigenvalue weighted by Crippen LogP contribution is 2.15. The summed E-state index contributed by atoms with van der Waals surface area (Å²) in [6.45, 7) is 1.49. The van der Waals surface area contributed by atoms with Gasteiger partial charge < -0.3 is 10.5 Å². The van der Waals surface area contributed by atoms with Crippen molar-refractivity contribution in [3.05, 3.63) is 59.7 Å². The van der Waals surface area contributed by atoms with Crippen LogP contribution in [0.3, 0.4) is 0 Å². The van der Waals surface area contributed by atoms with Crippen LogP contribution in [0.1, 0.15) is 15.9 Å². The Labute approximate surface area is 139 Å². The van der Waals surface area contributed by atoms with Crippen molar-refractivity contribution in [1.82, 2.24) is 4.72 Å². The van der Waals surface area contributed by atoms with E-state index < -0.39 is 21.8 Å². The number of amides is 2. The van der Waals surface area contributed by atoms with Gasteiger partial charge in [-0.2, -0.15) is 0 Å². The van der Waals surface area contributed by atoms with E-state index in [1.165, 1.54) is 36.4 Å². The van der Waals surface area contributed by atoms with E-state index in [2.05, 4.69) is 0 Å². The Morgan fingerprint density at radius 2 is 1.79 bits per heavy atom. The number of nitrogens with one attached hydrogen (secondary N) is 1. The van der Waals surface area contributed by atoms with Crippen molar-refractivity contribution in [3.63, 3.8) is 0 Å². The van der Waals surface area contributed by atoms with Gasteiger partial charge in [0.1, 0.15) is 5.75 Å². The predicted molar refractivity (Wildman–Crippen MR) is 87.0 cm³/mol. The van der Waals surface area contributed by atoms with Gasteiger partial charge in [0.25, 0.3) is 21.8 Å². The lowest BCUT2D eigenvalue weighted by molar-refractivity contribution is -0.119. The van der Waals surface area contributed by atoms with Gasteiger partial charge in [-0.1, -0.05) is 23.8 Å². The number of carbonyl (C=O) groups is 2. The molecule has 2 aromatic carbocycles. The summed E-state index contributed by atoms with van der Waals surface area (Å²) in [4.78, 5) is 22.8. The first-order valence-corrected chi connectivity index (χ1v) is 8.41. The predicted octanol–water partition coefficient (Wildman–Crippen LogP) is 0.978.